The fourth-order valence-corrected chi connectivity index (χ4v) is 2.95. The van der Waals surface area contributed by atoms with E-state index in [1.165, 1.54) is 57.2 Å². The van der Waals surface area contributed by atoms with E-state index in [0.717, 1.165) is 12.0 Å². The normalized spacial score (nSPS) is 26.0. The van der Waals surface area contributed by atoms with Crippen LogP contribution in [0.4, 0.5) is 0 Å². The number of rotatable bonds is 8. The highest BCUT2D eigenvalue weighted by molar-refractivity contribution is 7.98. The minimum absolute atomic E-state index is 0.830. The third kappa shape index (κ3) is 5.82. The smallest absolute Gasteiger partial charge is 0.00926 e. The van der Waals surface area contributed by atoms with Crippen molar-refractivity contribution >= 4 is 11.8 Å². The summed E-state index contributed by atoms with van der Waals surface area (Å²) in [7, 11) is 0. The summed E-state index contributed by atoms with van der Waals surface area (Å²) < 4.78 is 0. The third-order valence-electron chi connectivity index (χ3n) is 3.54. The lowest BCUT2D eigenvalue weighted by atomic mass is 10.1. The summed E-state index contributed by atoms with van der Waals surface area (Å²) in [6.07, 6.45) is 12.1. The Balaban J connectivity index is 1.84. The van der Waals surface area contributed by atoms with Gasteiger partial charge in [0.15, 0.2) is 0 Å². The van der Waals surface area contributed by atoms with Gasteiger partial charge in [-0.05, 0) is 50.2 Å². The second kappa shape index (κ2) is 8.46. The van der Waals surface area contributed by atoms with Gasteiger partial charge in [0.25, 0.3) is 0 Å². The summed E-state index contributed by atoms with van der Waals surface area (Å²) >= 11 is 1.97. The van der Waals surface area contributed by atoms with Gasteiger partial charge < -0.3 is 5.32 Å². The highest BCUT2D eigenvalue weighted by atomic mass is 32.2. The molecule has 90 valence electrons. The van der Waals surface area contributed by atoms with Crippen LogP contribution < -0.4 is 5.32 Å². The minimum Gasteiger partial charge on any atom is -0.314 e. The Morgan fingerprint density at radius 3 is 2.60 bits per heavy atom. The van der Waals surface area contributed by atoms with Crippen molar-refractivity contribution in [3.05, 3.63) is 0 Å². The minimum atomic E-state index is 0.830. The van der Waals surface area contributed by atoms with Crippen LogP contribution in [0.1, 0.15) is 51.9 Å². The summed E-state index contributed by atoms with van der Waals surface area (Å²) in [5, 5.41) is 3.72. The predicted molar refractivity (Wildman–Crippen MR) is 71.7 cm³/mol. The maximum absolute atomic E-state index is 3.72. The standard InChI is InChI=1S/C13H27NS/c1-12-8-7-9-13(12)14-10-5-3-4-6-11-15-2/h12-14H,3-11H2,1-2H3. The fraction of sp³-hybridized carbons (Fsp3) is 1.00. The first-order chi connectivity index (χ1) is 7.34. The van der Waals surface area contributed by atoms with Crippen LogP contribution in [0.15, 0.2) is 0 Å². The third-order valence-corrected chi connectivity index (χ3v) is 4.24. The van der Waals surface area contributed by atoms with Crippen molar-refractivity contribution in [1.29, 1.82) is 0 Å². The summed E-state index contributed by atoms with van der Waals surface area (Å²) in [5.41, 5.74) is 0. The lowest BCUT2D eigenvalue weighted by molar-refractivity contribution is 0.420. The average Bonchev–Trinajstić information content (AvgIpc) is 2.63. The first-order valence-electron chi connectivity index (χ1n) is 6.57. The number of thioether (sulfide) groups is 1. The van der Waals surface area contributed by atoms with Crippen LogP contribution in [-0.4, -0.2) is 24.6 Å². The van der Waals surface area contributed by atoms with Crippen molar-refractivity contribution in [2.45, 2.75) is 57.9 Å². The van der Waals surface area contributed by atoms with Crippen LogP contribution in [-0.2, 0) is 0 Å². The van der Waals surface area contributed by atoms with E-state index in [-0.39, 0.29) is 0 Å². The Morgan fingerprint density at radius 1 is 1.13 bits per heavy atom. The van der Waals surface area contributed by atoms with Gasteiger partial charge >= 0.3 is 0 Å². The quantitative estimate of drug-likeness (QED) is 0.637. The molecule has 0 spiro atoms. The Morgan fingerprint density at radius 2 is 1.93 bits per heavy atom. The summed E-state index contributed by atoms with van der Waals surface area (Å²) in [6.45, 7) is 3.64. The van der Waals surface area contributed by atoms with Crippen LogP contribution in [0.2, 0.25) is 0 Å². The molecule has 0 bridgehead atoms. The van der Waals surface area contributed by atoms with Gasteiger partial charge in [-0.2, -0.15) is 11.8 Å². The van der Waals surface area contributed by atoms with Crippen LogP contribution in [0.25, 0.3) is 0 Å². The van der Waals surface area contributed by atoms with E-state index in [9.17, 15) is 0 Å². The highest BCUT2D eigenvalue weighted by Crippen LogP contribution is 2.24. The zero-order valence-corrected chi connectivity index (χ0v) is 11.2. The molecule has 0 heterocycles. The van der Waals surface area contributed by atoms with Crippen molar-refractivity contribution < 1.29 is 0 Å². The lowest BCUT2D eigenvalue weighted by Gasteiger charge is -2.16. The van der Waals surface area contributed by atoms with Gasteiger partial charge in [-0.25, -0.2) is 0 Å². The zero-order chi connectivity index (χ0) is 10.9. The maximum atomic E-state index is 3.72. The van der Waals surface area contributed by atoms with E-state index in [4.69, 9.17) is 0 Å². The van der Waals surface area contributed by atoms with E-state index >= 15 is 0 Å². The van der Waals surface area contributed by atoms with Crippen LogP contribution >= 0.6 is 11.8 Å². The molecular weight excluding hydrogens is 202 g/mol. The lowest BCUT2D eigenvalue weighted by Crippen LogP contribution is -2.31. The second-order valence-corrected chi connectivity index (χ2v) is 5.86. The molecule has 0 aromatic rings. The molecule has 1 aliphatic rings. The monoisotopic (exact) mass is 229 g/mol. The Hall–Kier alpha value is 0.310. The second-order valence-electron chi connectivity index (χ2n) is 4.88. The number of hydrogen-bond donors (Lipinski definition) is 1. The van der Waals surface area contributed by atoms with Gasteiger partial charge in [-0.15, -0.1) is 0 Å². The largest absolute Gasteiger partial charge is 0.314 e. The Bertz CT molecular complexity index is 149. The van der Waals surface area contributed by atoms with Crippen molar-refractivity contribution in [3.63, 3.8) is 0 Å². The van der Waals surface area contributed by atoms with Crippen LogP contribution in [0.5, 0.6) is 0 Å². The van der Waals surface area contributed by atoms with Crippen molar-refractivity contribution in [1.82, 2.24) is 5.32 Å². The topological polar surface area (TPSA) is 12.0 Å². The molecule has 0 aromatic carbocycles. The van der Waals surface area contributed by atoms with E-state index in [0.29, 0.717) is 0 Å². The molecule has 0 radical (unpaired) electrons. The molecule has 1 aliphatic carbocycles. The summed E-state index contributed by atoms with van der Waals surface area (Å²) in [5.74, 6) is 2.26. The Labute approximate surface area is 99.8 Å². The van der Waals surface area contributed by atoms with Gasteiger partial charge in [0.1, 0.15) is 0 Å². The molecule has 15 heavy (non-hydrogen) atoms. The zero-order valence-electron chi connectivity index (χ0n) is 10.4. The first-order valence-corrected chi connectivity index (χ1v) is 7.96. The van der Waals surface area contributed by atoms with Gasteiger partial charge in [0, 0.05) is 6.04 Å². The van der Waals surface area contributed by atoms with Gasteiger partial charge in [0.2, 0.25) is 0 Å². The van der Waals surface area contributed by atoms with Crippen LogP contribution in [0.3, 0.4) is 0 Å². The van der Waals surface area contributed by atoms with Gasteiger partial charge in [-0.1, -0.05) is 26.2 Å². The SMILES string of the molecule is CSCCCCCCNC1CCCC1C. The molecule has 2 unspecified atom stereocenters. The van der Waals surface area contributed by atoms with E-state index in [2.05, 4.69) is 18.5 Å². The molecule has 1 saturated carbocycles. The average molecular weight is 229 g/mol. The summed E-state index contributed by atoms with van der Waals surface area (Å²) in [4.78, 5) is 0. The fourth-order valence-electron chi connectivity index (χ4n) is 2.46. The van der Waals surface area contributed by atoms with Gasteiger partial charge in [0.05, 0.1) is 0 Å². The summed E-state index contributed by atoms with van der Waals surface area (Å²) in [6, 6.07) is 0.830. The number of nitrogens with one attached hydrogen (secondary N) is 1. The van der Waals surface area contributed by atoms with Crippen molar-refractivity contribution in [2.24, 2.45) is 5.92 Å². The molecule has 1 nitrogen and oxygen atoms in total. The Kier molecular flexibility index (Phi) is 7.54. The van der Waals surface area contributed by atoms with Crippen molar-refractivity contribution in [2.75, 3.05) is 18.6 Å². The van der Waals surface area contributed by atoms with E-state index in [1.54, 1.807) is 0 Å². The molecule has 0 saturated heterocycles. The number of unbranched alkanes of at least 4 members (excludes halogenated alkanes) is 3. The molecule has 1 N–H and O–H groups in total. The number of hydrogen-bond acceptors (Lipinski definition) is 2. The molecule has 1 fully saturated rings. The molecule has 1 rings (SSSR count). The molecule has 2 atom stereocenters. The van der Waals surface area contributed by atoms with Crippen molar-refractivity contribution in [3.8, 4) is 0 Å². The van der Waals surface area contributed by atoms with E-state index < -0.39 is 0 Å². The molecule has 0 aromatic heterocycles. The van der Waals surface area contributed by atoms with Crippen LogP contribution in [0, 0.1) is 5.92 Å². The predicted octanol–water partition coefficient (Wildman–Crippen LogP) is 3.69. The first kappa shape index (κ1) is 13.4. The molecule has 0 aliphatic heterocycles. The maximum Gasteiger partial charge on any atom is 0.00926 e. The molecule has 2 heteroatoms. The highest BCUT2D eigenvalue weighted by Gasteiger charge is 2.21. The van der Waals surface area contributed by atoms with Gasteiger partial charge in [-0.3, -0.25) is 0 Å². The molecule has 0 amide bonds. The molecular formula is C13H27NS. The van der Waals surface area contributed by atoms with E-state index in [1.807, 2.05) is 11.8 Å².